The van der Waals surface area contributed by atoms with Gasteiger partial charge in [0, 0.05) is 29.8 Å². The van der Waals surface area contributed by atoms with E-state index in [0.29, 0.717) is 5.69 Å². The smallest absolute Gasteiger partial charge is 0.426 e. The van der Waals surface area contributed by atoms with Crippen molar-refractivity contribution in [3.63, 3.8) is 0 Å². The number of alkyl halides is 5. The fourth-order valence-corrected chi connectivity index (χ4v) is 2.52. The van der Waals surface area contributed by atoms with Gasteiger partial charge in [0.15, 0.2) is 0 Å². The van der Waals surface area contributed by atoms with Gasteiger partial charge in [-0.05, 0) is 36.8 Å². The molecule has 1 amide bonds. The molecular weight excluding hydrogens is 423 g/mol. The van der Waals surface area contributed by atoms with E-state index in [1.807, 2.05) is 0 Å². The van der Waals surface area contributed by atoms with Gasteiger partial charge in [-0.25, -0.2) is 0 Å². The largest absolute Gasteiger partial charge is 0.499 e. The lowest BCUT2D eigenvalue weighted by atomic mass is 10.0. The van der Waals surface area contributed by atoms with Crippen molar-refractivity contribution in [2.24, 2.45) is 5.92 Å². The zero-order valence-electron chi connectivity index (χ0n) is 17.0. The van der Waals surface area contributed by atoms with Crippen molar-refractivity contribution >= 4 is 11.7 Å². The van der Waals surface area contributed by atoms with Crippen LogP contribution >= 0.6 is 0 Å². The molecule has 2 rings (SSSR count). The van der Waals surface area contributed by atoms with E-state index < -0.39 is 30.0 Å². The van der Waals surface area contributed by atoms with Gasteiger partial charge in [0.05, 0.1) is 6.04 Å². The molecule has 168 valence electrons. The Balaban J connectivity index is 2.11. The van der Waals surface area contributed by atoms with Crippen LogP contribution in [0.25, 0.3) is 0 Å². The standard InChI is InChI=1S/C21H21F5N2O3/c1-12(2)18(29)11-16-9-15(7-8-27-16)19(30)28-13(3)14-5-4-6-17(10-14)31-21(25,26)20(22,23)24/h4-10,12-13H,11H2,1-3H3,(H,28,30)/t13-/m1/s1. The number of rotatable bonds is 8. The number of pyridine rings is 1. The maximum atomic E-state index is 13.1. The van der Waals surface area contributed by atoms with Crippen LogP contribution in [0.1, 0.15) is 48.4 Å². The summed E-state index contributed by atoms with van der Waals surface area (Å²) >= 11 is 0. The number of carbonyl (C=O) groups excluding carboxylic acids is 2. The van der Waals surface area contributed by atoms with Crippen LogP contribution in [0.15, 0.2) is 42.6 Å². The zero-order chi connectivity index (χ0) is 23.4. The second kappa shape index (κ2) is 9.40. The van der Waals surface area contributed by atoms with E-state index in [2.05, 4.69) is 15.0 Å². The van der Waals surface area contributed by atoms with Crippen molar-refractivity contribution in [3.8, 4) is 5.75 Å². The molecular formula is C21H21F5N2O3. The Morgan fingerprint density at radius 3 is 2.35 bits per heavy atom. The van der Waals surface area contributed by atoms with Crippen LogP contribution in [-0.2, 0) is 11.2 Å². The van der Waals surface area contributed by atoms with Gasteiger partial charge in [-0.15, -0.1) is 0 Å². The Hall–Kier alpha value is -3.04. The molecule has 2 aromatic rings. The predicted octanol–water partition coefficient (Wildman–Crippen LogP) is 4.87. The second-order valence-electron chi connectivity index (χ2n) is 7.22. The summed E-state index contributed by atoms with van der Waals surface area (Å²) in [5, 5.41) is 2.62. The van der Waals surface area contributed by atoms with E-state index in [9.17, 15) is 31.5 Å². The number of carbonyl (C=O) groups is 2. The van der Waals surface area contributed by atoms with Crippen LogP contribution in [0.2, 0.25) is 0 Å². The van der Waals surface area contributed by atoms with Gasteiger partial charge < -0.3 is 10.1 Å². The highest BCUT2D eigenvalue weighted by molar-refractivity contribution is 5.94. The van der Waals surface area contributed by atoms with E-state index in [1.165, 1.54) is 37.4 Å². The highest BCUT2D eigenvalue weighted by Crippen LogP contribution is 2.37. The van der Waals surface area contributed by atoms with E-state index in [1.54, 1.807) is 13.8 Å². The van der Waals surface area contributed by atoms with E-state index in [4.69, 9.17) is 0 Å². The summed E-state index contributed by atoms with van der Waals surface area (Å²) in [5.41, 5.74) is 0.904. The van der Waals surface area contributed by atoms with Crippen LogP contribution < -0.4 is 10.1 Å². The molecule has 0 fully saturated rings. The maximum absolute atomic E-state index is 13.1. The first-order valence-corrected chi connectivity index (χ1v) is 9.32. The lowest BCUT2D eigenvalue weighted by Gasteiger charge is -2.21. The number of hydrogen-bond acceptors (Lipinski definition) is 4. The molecule has 10 heteroatoms. The van der Waals surface area contributed by atoms with Crippen molar-refractivity contribution in [1.82, 2.24) is 10.3 Å². The average Bonchev–Trinajstić information content (AvgIpc) is 2.67. The molecule has 0 saturated heterocycles. The highest BCUT2D eigenvalue weighted by atomic mass is 19.4. The molecule has 0 unspecified atom stereocenters. The summed E-state index contributed by atoms with van der Waals surface area (Å²) < 4.78 is 67.0. The molecule has 0 radical (unpaired) electrons. The van der Waals surface area contributed by atoms with Gasteiger partial charge >= 0.3 is 12.3 Å². The molecule has 1 aromatic carbocycles. The van der Waals surface area contributed by atoms with Gasteiger partial charge in [-0.1, -0.05) is 26.0 Å². The number of nitrogens with one attached hydrogen (secondary N) is 1. The molecule has 31 heavy (non-hydrogen) atoms. The summed E-state index contributed by atoms with van der Waals surface area (Å²) in [6, 6.07) is 6.80. The quantitative estimate of drug-likeness (QED) is 0.590. The third-order valence-electron chi connectivity index (χ3n) is 4.36. The molecule has 0 aliphatic heterocycles. The zero-order valence-corrected chi connectivity index (χ0v) is 17.0. The Labute approximate surface area is 175 Å². The van der Waals surface area contributed by atoms with Crippen molar-refractivity contribution in [2.75, 3.05) is 0 Å². The average molecular weight is 444 g/mol. The number of benzene rings is 1. The molecule has 0 aliphatic carbocycles. The van der Waals surface area contributed by atoms with Crippen molar-refractivity contribution < 1.29 is 36.3 Å². The second-order valence-corrected chi connectivity index (χ2v) is 7.22. The summed E-state index contributed by atoms with van der Waals surface area (Å²) in [7, 11) is 0. The monoisotopic (exact) mass is 444 g/mol. The van der Waals surface area contributed by atoms with Crippen molar-refractivity contribution in [3.05, 3.63) is 59.4 Å². The van der Waals surface area contributed by atoms with Crippen molar-refractivity contribution in [1.29, 1.82) is 0 Å². The molecule has 1 N–H and O–H groups in total. The third-order valence-corrected chi connectivity index (χ3v) is 4.36. The predicted molar refractivity (Wildman–Crippen MR) is 102 cm³/mol. The molecule has 1 heterocycles. The van der Waals surface area contributed by atoms with Gasteiger partial charge in [0.25, 0.3) is 5.91 Å². The van der Waals surface area contributed by atoms with E-state index >= 15 is 0 Å². The molecule has 0 bridgehead atoms. The van der Waals surface area contributed by atoms with Gasteiger partial charge in [-0.2, -0.15) is 22.0 Å². The molecule has 0 aliphatic rings. The minimum Gasteiger partial charge on any atom is -0.426 e. The molecule has 5 nitrogen and oxygen atoms in total. The minimum atomic E-state index is -5.86. The number of nitrogens with zero attached hydrogens (tertiary/aromatic N) is 1. The Bertz CT molecular complexity index is 945. The maximum Gasteiger partial charge on any atom is 0.499 e. The lowest BCUT2D eigenvalue weighted by molar-refractivity contribution is -0.360. The first-order chi connectivity index (χ1) is 14.3. The number of Topliss-reactive ketones (excluding diaryl/α,β-unsaturated/α-hetero) is 1. The van der Waals surface area contributed by atoms with E-state index in [-0.39, 0.29) is 29.2 Å². The van der Waals surface area contributed by atoms with Crippen LogP contribution in [0, 0.1) is 5.92 Å². The first-order valence-electron chi connectivity index (χ1n) is 9.32. The molecule has 0 spiro atoms. The van der Waals surface area contributed by atoms with Crippen LogP contribution in [0.5, 0.6) is 5.75 Å². The fourth-order valence-electron chi connectivity index (χ4n) is 2.52. The summed E-state index contributed by atoms with van der Waals surface area (Å²) in [5.74, 6) is -1.44. The molecule has 1 aromatic heterocycles. The van der Waals surface area contributed by atoms with Crippen LogP contribution in [0.4, 0.5) is 22.0 Å². The van der Waals surface area contributed by atoms with E-state index in [0.717, 1.165) is 12.1 Å². The normalized spacial score (nSPS) is 13.1. The lowest BCUT2D eigenvalue weighted by Crippen LogP contribution is -2.41. The Morgan fingerprint density at radius 2 is 1.74 bits per heavy atom. The SMILES string of the molecule is CC(C)C(=O)Cc1cc(C(=O)N[C@H](C)c2cccc(OC(F)(F)C(F)(F)F)c2)ccn1. The first kappa shape index (κ1) is 24.2. The molecule has 0 saturated carbocycles. The highest BCUT2D eigenvalue weighted by Gasteiger charge is 2.61. The van der Waals surface area contributed by atoms with Crippen LogP contribution in [0.3, 0.4) is 0 Å². The van der Waals surface area contributed by atoms with Gasteiger partial charge in [0.1, 0.15) is 11.5 Å². The summed E-state index contributed by atoms with van der Waals surface area (Å²) in [6.45, 7) is 5.04. The summed E-state index contributed by atoms with van der Waals surface area (Å²) in [6.07, 6.45) is -9.75. The summed E-state index contributed by atoms with van der Waals surface area (Å²) in [4.78, 5) is 28.5. The number of aromatic nitrogens is 1. The number of ether oxygens (including phenoxy) is 1. The van der Waals surface area contributed by atoms with Gasteiger partial charge in [0.2, 0.25) is 0 Å². The Morgan fingerprint density at radius 1 is 1.06 bits per heavy atom. The van der Waals surface area contributed by atoms with Crippen molar-refractivity contribution in [2.45, 2.75) is 45.5 Å². The third kappa shape index (κ3) is 6.47. The van der Waals surface area contributed by atoms with Crippen LogP contribution in [-0.4, -0.2) is 29.0 Å². The number of ketones is 1. The fraction of sp³-hybridized carbons (Fsp3) is 0.381. The van der Waals surface area contributed by atoms with Gasteiger partial charge in [-0.3, -0.25) is 14.6 Å². The number of amides is 1. The minimum absolute atomic E-state index is 0.0362. The number of halogens is 5. The number of hydrogen-bond donors (Lipinski definition) is 1. The topological polar surface area (TPSA) is 68.3 Å². The molecule has 1 atom stereocenters. The Kier molecular flexibility index (Phi) is 7.35.